The fraction of sp³-hybridized carbons (Fsp3) is 0.278. The third-order valence-corrected chi connectivity index (χ3v) is 3.40. The van der Waals surface area contributed by atoms with E-state index in [1.165, 1.54) is 25.3 Å². The summed E-state index contributed by atoms with van der Waals surface area (Å²) in [6, 6.07) is 6.88. The van der Waals surface area contributed by atoms with Gasteiger partial charge in [0.2, 0.25) is 5.88 Å². The van der Waals surface area contributed by atoms with Crippen molar-refractivity contribution in [1.82, 2.24) is 4.98 Å². The number of ether oxygens (including phenoxy) is 2. The number of pyridine rings is 1. The number of halogens is 3. The molecule has 1 aromatic heterocycles. The molecule has 0 aliphatic rings. The van der Waals surface area contributed by atoms with Crippen LogP contribution in [0.3, 0.4) is 0 Å². The van der Waals surface area contributed by atoms with Crippen LogP contribution >= 0.6 is 0 Å². The number of alkyl halides is 3. The van der Waals surface area contributed by atoms with Gasteiger partial charge in [-0.25, -0.2) is 9.78 Å². The van der Waals surface area contributed by atoms with E-state index in [2.05, 4.69) is 10.3 Å². The molecule has 0 radical (unpaired) electrons. The molecule has 0 fully saturated rings. The molecule has 1 N–H and O–H groups in total. The first kappa shape index (κ1) is 20.2. The Hall–Kier alpha value is -3.10. The summed E-state index contributed by atoms with van der Waals surface area (Å²) < 4.78 is 47.9. The van der Waals surface area contributed by atoms with Crippen molar-refractivity contribution < 1.29 is 32.2 Å². The van der Waals surface area contributed by atoms with Crippen molar-refractivity contribution in [3.05, 3.63) is 53.7 Å². The maximum atomic E-state index is 12.5. The predicted octanol–water partition coefficient (Wildman–Crippen LogP) is 3.68. The first-order chi connectivity index (χ1) is 12.7. The van der Waals surface area contributed by atoms with Gasteiger partial charge in [-0.05, 0) is 50.2 Å². The molecule has 2 aromatic rings. The fourth-order valence-electron chi connectivity index (χ4n) is 2.06. The normalized spacial score (nSPS) is 12.2. The molecule has 1 amide bonds. The van der Waals surface area contributed by atoms with Crippen molar-refractivity contribution in [2.75, 3.05) is 11.9 Å². The van der Waals surface area contributed by atoms with E-state index in [0.717, 1.165) is 24.3 Å². The molecule has 0 spiro atoms. The number of amides is 1. The summed E-state index contributed by atoms with van der Waals surface area (Å²) in [5.74, 6) is -1.41. The molecule has 0 aliphatic carbocycles. The Labute approximate surface area is 153 Å². The molecule has 0 saturated heterocycles. The van der Waals surface area contributed by atoms with Gasteiger partial charge in [-0.15, -0.1) is 0 Å². The van der Waals surface area contributed by atoms with Gasteiger partial charge in [0.25, 0.3) is 5.91 Å². The highest BCUT2D eigenvalue weighted by Crippen LogP contribution is 2.29. The number of esters is 1. The number of carbonyl (C=O) groups is 2. The third-order valence-electron chi connectivity index (χ3n) is 3.40. The summed E-state index contributed by atoms with van der Waals surface area (Å²) in [5.41, 5.74) is -0.624. The maximum Gasteiger partial charge on any atom is 0.416 e. The Balaban J connectivity index is 2.00. The topological polar surface area (TPSA) is 77.5 Å². The minimum absolute atomic E-state index is 0.0635. The maximum absolute atomic E-state index is 12.5. The van der Waals surface area contributed by atoms with Crippen LogP contribution in [0.2, 0.25) is 0 Å². The van der Waals surface area contributed by atoms with E-state index in [-0.39, 0.29) is 17.1 Å². The average molecular weight is 382 g/mol. The Morgan fingerprint density at radius 2 is 1.85 bits per heavy atom. The van der Waals surface area contributed by atoms with Gasteiger partial charge >= 0.3 is 12.1 Å². The van der Waals surface area contributed by atoms with Gasteiger partial charge in [0.05, 0.1) is 12.2 Å². The van der Waals surface area contributed by atoms with Crippen LogP contribution in [-0.4, -0.2) is 29.6 Å². The van der Waals surface area contributed by atoms with E-state index in [0.29, 0.717) is 6.61 Å². The molecular formula is C18H17F3N2O4. The molecule has 27 heavy (non-hydrogen) atoms. The Kier molecular flexibility index (Phi) is 6.38. The number of benzene rings is 1. The molecule has 144 valence electrons. The second kappa shape index (κ2) is 8.52. The number of rotatable bonds is 6. The van der Waals surface area contributed by atoms with Crippen LogP contribution in [0.15, 0.2) is 42.6 Å². The first-order valence-corrected chi connectivity index (χ1v) is 7.99. The lowest BCUT2D eigenvalue weighted by Gasteiger charge is -2.15. The Morgan fingerprint density at radius 3 is 2.44 bits per heavy atom. The van der Waals surface area contributed by atoms with E-state index >= 15 is 0 Å². The lowest BCUT2D eigenvalue weighted by atomic mass is 10.2. The zero-order valence-electron chi connectivity index (χ0n) is 14.5. The van der Waals surface area contributed by atoms with Crippen LogP contribution in [-0.2, 0) is 15.7 Å². The van der Waals surface area contributed by atoms with Crippen LogP contribution < -0.4 is 10.1 Å². The number of hydrogen-bond donors (Lipinski definition) is 1. The average Bonchev–Trinajstić information content (AvgIpc) is 2.62. The summed E-state index contributed by atoms with van der Waals surface area (Å²) in [6.07, 6.45) is -4.20. The summed E-state index contributed by atoms with van der Waals surface area (Å²) in [4.78, 5) is 28.3. The van der Waals surface area contributed by atoms with E-state index in [1.54, 1.807) is 6.92 Å². The van der Waals surface area contributed by atoms with Gasteiger partial charge in [-0.2, -0.15) is 13.2 Å². The molecular weight excluding hydrogens is 365 g/mol. The largest absolute Gasteiger partial charge is 0.477 e. The number of aromatic nitrogens is 1. The van der Waals surface area contributed by atoms with Gasteiger partial charge in [0.1, 0.15) is 5.56 Å². The number of hydrogen-bond acceptors (Lipinski definition) is 5. The van der Waals surface area contributed by atoms with Gasteiger partial charge in [0.15, 0.2) is 6.10 Å². The molecule has 2 rings (SSSR count). The highest BCUT2D eigenvalue weighted by atomic mass is 19.4. The number of carbonyl (C=O) groups excluding carboxylic acids is 2. The summed E-state index contributed by atoms with van der Waals surface area (Å²) >= 11 is 0. The SMILES string of the molecule is CCOc1ncccc1C(=O)O[C@H](C)C(=O)Nc1ccc(C(F)(F)F)cc1. The summed E-state index contributed by atoms with van der Waals surface area (Å²) in [6.45, 7) is 3.36. The van der Waals surface area contributed by atoms with E-state index in [4.69, 9.17) is 9.47 Å². The minimum atomic E-state index is -4.46. The molecule has 0 unspecified atom stereocenters. The van der Waals surface area contributed by atoms with Crippen LogP contribution in [0.25, 0.3) is 0 Å². The van der Waals surface area contributed by atoms with Crippen LogP contribution in [0.5, 0.6) is 5.88 Å². The van der Waals surface area contributed by atoms with Gasteiger partial charge in [-0.1, -0.05) is 0 Å². The summed E-state index contributed by atoms with van der Waals surface area (Å²) in [5, 5.41) is 2.39. The highest BCUT2D eigenvalue weighted by Gasteiger charge is 2.30. The molecule has 1 heterocycles. The quantitative estimate of drug-likeness (QED) is 0.771. The predicted molar refractivity (Wildman–Crippen MR) is 90.4 cm³/mol. The van der Waals surface area contributed by atoms with E-state index < -0.39 is 29.7 Å². The molecule has 1 atom stereocenters. The van der Waals surface area contributed by atoms with Crippen molar-refractivity contribution in [3.63, 3.8) is 0 Å². The van der Waals surface area contributed by atoms with Crippen molar-refractivity contribution in [2.24, 2.45) is 0 Å². The number of nitrogens with zero attached hydrogens (tertiary/aromatic N) is 1. The minimum Gasteiger partial charge on any atom is -0.477 e. The molecule has 0 bridgehead atoms. The molecule has 1 aromatic carbocycles. The van der Waals surface area contributed by atoms with Crippen LogP contribution in [0.4, 0.5) is 18.9 Å². The second-order valence-electron chi connectivity index (χ2n) is 5.40. The standard InChI is InChI=1S/C18H17F3N2O4/c1-3-26-16-14(5-4-10-22-16)17(25)27-11(2)15(24)23-13-8-6-12(7-9-13)18(19,20)21/h4-11H,3H2,1-2H3,(H,23,24)/t11-/m1/s1. The Morgan fingerprint density at radius 1 is 1.19 bits per heavy atom. The zero-order chi connectivity index (χ0) is 20.0. The molecule has 0 saturated carbocycles. The third kappa shape index (κ3) is 5.44. The van der Waals surface area contributed by atoms with Crippen molar-refractivity contribution >= 4 is 17.6 Å². The molecule has 9 heteroatoms. The second-order valence-corrected chi connectivity index (χ2v) is 5.40. The lowest BCUT2D eigenvalue weighted by Crippen LogP contribution is -2.30. The van der Waals surface area contributed by atoms with Crippen LogP contribution in [0, 0.1) is 0 Å². The van der Waals surface area contributed by atoms with Crippen molar-refractivity contribution in [1.29, 1.82) is 0 Å². The van der Waals surface area contributed by atoms with Gasteiger partial charge in [-0.3, -0.25) is 4.79 Å². The Bertz CT molecular complexity index is 807. The monoisotopic (exact) mass is 382 g/mol. The lowest BCUT2D eigenvalue weighted by molar-refractivity contribution is -0.137. The number of nitrogens with one attached hydrogen (secondary N) is 1. The highest BCUT2D eigenvalue weighted by molar-refractivity contribution is 5.98. The van der Waals surface area contributed by atoms with E-state index in [1.807, 2.05) is 0 Å². The zero-order valence-corrected chi connectivity index (χ0v) is 14.5. The van der Waals surface area contributed by atoms with Crippen molar-refractivity contribution in [2.45, 2.75) is 26.1 Å². The van der Waals surface area contributed by atoms with E-state index in [9.17, 15) is 22.8 Å². The van der Waals surface area contributed by atoms with Gasteiger partial charge < -0.3 is 14.8 Å². The molecule has 6 nitrogen and oxygen atoms in total. The number of anilines is 1. The first-order valence-electron chi connectivity index (χ1n) is 7.99. The van der Waals surface area contributed by atoms with Crippen molar-refractivity contribution in [3.8, 4) is 5.88 Å². The van der Waals surface area contributed by atoms with Gasteiger partial charge in [0, 0.05) is 11.9 Å². The summed E-state index contributed by atoms with van der Waals surface area (Å²) in [7, 11) is 0. The smallest absolute Gasteiger partial charge is 0.416 e. The van der Waals surface area contributed by atoms with Crippen LogP contribution in [0.1, 0.15) is 29.8 Å². The fourth-order valence-corrected chi connectivity index (χ4v) is 2.06. The molecule has 0 aliphatic heterocycles.